The van der Waals surface area contributed by atoms with Gasteiger partial charge in [0.25, 0.3) is 5.91 Å². The molecular formula is C28H27N3O5. The lowest BCUT2D eigenvalue weighted by Gasteiger charge is -2.27. The number of nitrogens with one attached hydrogen (secondary N) is 1. The number of aromatic nitrogens is 1. The molecule has 184 valence electrons. The Labute approximate surface area is 208 Å². The van der Waals surface area contributed by atoms with Gasteiger partial charge >= 0.3 is 6.03 Å². The van der Waals surface area contributed by atoms with E-state index in [4.69, 9.17) is 9.47 Å². The lowest BCUT2D eigenvalue weighted by atomic mass is 9.92. The maximum atomic E-state index is 13.4. The molecule has 2 aromatic carbocycles. The van der Waals surface area contributed by atoms with Crippen LogP contribution in [0, 0.1) is 13.8 Å². The summed E-state index contributed by atoms with van der Waals surface area (Å²) < 4.78 is 14.0. The number of hydrogen-bond donors (Lipinski definition) is 1. The van der Waals surface area contributed by atoms with Gasteiger partial charge in [0.2, 0.25) is 0 Å². The zero-order valence-electron chi connectivity index (χ0n) is 20.2. The number of Topliss-reactive ketones (excluding diaryl/α,β-unsaturated/α-hetero) is 1. The van der Waals surface area contributed by atoms with Crippen molar-refractivity contribution in [3.63, 3.8) is 0 Å². The van der Waals surface area contributed by atoms with E-state index < -0.39 is 11.6 Å². The summed E-state index contributed by atoms with van der Waals surface area (Å²) in [7, 11) is 0. The van der Waals surface area contributed by atoms with Gasteiger partial charge in [-0.05, 0) is 56.0 Å². The molecular weight excluding hydrogens is 458 g/mol. The van der Waals surface area contributed by atoms with E-state index in [9.17, 15) is 14.4 Å². The van der Waals surface area contributed by atoms with Crippen LogP contribution >= 0.6 is 0 Å². The van der Waals surface area contributed by atoms with Crippen LogP contribution in [0.4, 0.5) is 4.79 Å². The number of benzene rings is 2. The van der Waals surface area contributed by atoms with Gasteiger partial charge in [0, 0.05) is 17.0 Å². The van der Waals surface area contributed by atoms with E-state index in [-0.39, 0.29) is 24.3 Å². The minimum absolute atomic E-state index is 0.208. The number of carbonyl (C=O) groups is 3. The highest BCUT2D eigenvalue weighted by Crippen LogP contribution is 2.41. The summed E-state index contributed by atoms with van der Waals surface area (Å²) in [4.78, 5) is 40.7. The maximum Gasteiger partial charge on any atom is 0.325 e. The normalized spacial score (nSPS) is 22.2. The van der Waals surface area contributed by atoms with Crippen molar-refractivity contribution < 1.29 is 23.9 Å². The Morgan fingerprint density at radius 2 is 1.83 bits per heavy atom. The lowest BCUT2D eigenvalue weighted by molar-refractivity contribution is -0.131. The predicted molar refractivity (Wildman–Crippen MR) is 131 cm³/mol. The average Bonchev–Trinajstić information content (AvgIpc) is 3.48. The number of urea groups is 1. The van der Waals surface area contributed by atoms with Crippen LogP contribution in [0.3, 0.4) is 0 Å². The van der Waals surface area contributed by atoms with Gasteiger partial charge in [0.15, 0.2) is 23.4 Å². The topological polar surface area (TPSA) is 89.9 Å². The van der Waals surface area contributed by atoms with Crippen LogP contribution < -0.4 is 14.8 Å². The van der Waals surface area contributed by atoms with E-state index in [1.165, 1.54) is 0 Å². The average molecular weight is 486 g/mol. The van der Waals surface area contributed by atoms with Crippen molar-refractivity contribution in [1.82, 2.24) is 14.8 Å². The zero-order chi connectivity index (χ0) is 25.0. The highest BCUT2D eigenvalue weighted by atomic mass is 16.6. The van der Waals surface area contributed by atoms with Crippen LogP contribution in [0.5, 0.6) is 11.5 Å². The molecule has 1 spiro atoms. The molecule has 8 heteroatoms. The van der Waals surface area contributed by atoms with Gasteiger partial charge in [-0.15, -0.1) is 0 Å². The number of ether oxygens (including phenoxy) is 2. The molecule has 1 aliphatic carbocycles. The summed E-state index contributed by atoms with van der Waals surface area (Å²) in [5.74, 6) is 0.800. The molecule has 0 radical (unpaired) electrons. The van der Waals surface area contributed by atoms with Crippen molar-refractivity contribution in [3.05, 3.63) is 82.7 Å². The summed E-state index contributed by atoms with van der Waals surface area (Å²) in [5.41, 5.74) is 2.98. The molecule has 2 atom stereocenters. The Bertz CT molecular complexity index is 1410. The van der Waals surface area contributed by atoms with Crippen LogP contribution in [-0.4, -0.2) is 46.4 Å². The highest BCUT2D eigenvalue weighted by Gasteiger charge is 2.55. The summed E-state index contributed by atoms with van der Waals surface area (Å²) >= 11 is 0. The number of amides is 3. The Kier molecular flexibility index (Phi) is 5.14. The van der Waals surface area contributed by atoms with Gasteiger partial charge in [-0.3, -0.25) is 14.5 Å². The molecule has 0 saturated carbocycles. The molecule has 1 fully saturated rings. The number of para-hydroxylation sites is 2. The fourth-order valence-electron chi connectivity index (χ4n) is 5.68. The van der Waals surface area contributed by atoms with Crippen LogP contribution in [0.15, 0.2) is 54.6 Å². The van der Waals surface area contributed by atoms with E-state index in [1.54, 1.807) is 0 Å². The van der Waals surface area contributed by atoms with Gasteiger partial charge in [-0.2, -0.15) is 0 Å². The predicted octanol–water partition coefficient (Wildman–Crippen LogP) is 3.52. The van der Waals surface area contributed by atoms with Crippen LogP contribution in [0.2, 0.25) is 0 Å². The van der Waals surface area contributed by atoms with Gasteiger partial charge < -0.3 is 19.4 Å². The second-order valence-electron chi connectivity index (χ2n) is 9.70. The number of fused-ring (bicyclic) bond motifs is 3. The molecule has 2 aliphatic heterocycles. The molecule has 3 amide bonds. The standard InChI is InChI=1S/C28H27N3O5/c1-17-13-21(18(2)30(17)14-20-16-35-24-9-5-6-10-25(24)36-20)23(32)15-31-26(33)28(29-27(31)34)12-11-19-7-3-4-8-22(19)28/h3-10,13,20H,11-12,14-16H2,1-2H3,(H,29,34)/t20-,28-/m0/s1. The molecule has 6 rings (SSSR count). The first-order valence-electron chi connectivity index (χ1n) is 12.2. The zero-order valence-corrected chi connectivity index (χ0v) is 20.2. The second-order valence-corrected chi connectivity index (χ2v) is 9.70. The van der Waals surface area contributed by atoms with Crippen molar-refractivity contribution >= 4 is 17.7 Å². The summed E-state index contributed by atoms with van der Waals surface area (Å²) in [6.45, 7) is 4.43. The second kappa shape index (κ2) is 8.26. The third-order valence-electron chi connectivity index (χ3n) is 7.55. The minimum Gasteiger partial charge on any atom is -0.486 e. The maximum absolute atomic E-state index is 13.4. The summed E-state index contributed by atoms with van der Waals surface area (Å²) in [6.07, 6.45) is 1.01. The highest BCUT2D eigenvalue weighted by molar-refractivity contribution is 6.12. The van der Waals surface area contributed by atoms with E-state index in [0.717, 1.165) is 33.2 Å². The first kappa shape index (κ1) is 22.4. The molecule has 3 aromatic rings. The third-order valence-corrected chi connectivity index (χ3v) is 7.55. The largest absolute Gasteiger partial charge is 0.486 e. The molecule has 1 aromatic heterocycles. The Morgan fingerprint density at radius 1 is 1.08 bits per heavy atom. The molecule has 1 saturated heterocycles. The van der Waals surface area contributed by atoms with E-state index in [1.807, 2.05) is 73.0 Å². The molecule has 1 N–H and O–H groups in total. The SMILES string of the molecule is Cc1cc(C(=O)CN2C(=O)N[C@]3(CCc4ccccc43)C2=O)c(C)n1C[C@H]1COc2ccccc2O1. The Hall–Kier alpha value is -4.07. The molecule has 36 heavy (non-hydrogen) atoms. The Balaban J connectivity index is 1.19. The number of nitrogens with zero attached hydrogens (tertiary/aromatic N) is 2. The van der Waals surface area contributed by atoms with Gasteiger partial charge in [-0.25, -0.2) is 4.79 Å². The molecule has 3 heterocycles. The van der Waals surface area contributed by atoms with Crippen LogP contribution in [0.1, 0.15) is 39.3 Å². The van der Waals surface area contributed by atoms with E-state index in [2.05, 4.69) is 5.32 Å². The first-order chi connectivity index (χ1) is 17.4. The number of rotatable bonds is 5. The van der Waals surface area contributed by atoms with Crippen LogP contribution in [0.25, 0.3) is 0 Å². The van der Waals surface area contributed by atoms with Gasteiger partial charge in [-0.1, -0.05) is 36.4 Å². The fraction of sp³-hybridized carbons (Fsp3) is 0.321. The van der Waals surface area contributed by atoms with Crippen molar-refractivity contribution in [1.29, 1.82) is 0 Å². The quantitative estimate of drug-likeness (QED) is 0.441. The minimum atomic E-state index is -1.07. The molecule has 0 bridgehead atoms. The van der Waals surface area contributed by atoms with Crippen molar-refractivity contribution in [2.24, 2.45) is 0 Å². The number of ketones is 1. The fourth-order valence-corrected chi connectivity index (χ4v) is 5.68. The first-order valence-corrected chi connectivity index (χ1v) is 12.2. The van der Waals surface area contributed by atoms with E-state index >= 15 is 0 Å². The van der Waals surface area contributed by atoms with E-state index in [0.29, 0.717) is 37.3 Å². The summed E-state index contributed by atoms with van der Waals surface area (Å²) in [5, 5.41) is 2.89. The van der Waals surface area contributed by atoms with Crippen molar-refractivity contribution in [3.8, 4) is 11.5 Å². The number of imide groups is 1. The summed E-state index contributed by atoms with van der Waals surface area (Å²) in [6, 6.07) is 16.5. The molecule has 3 aliphatic rings. The smallest absolute Gasteiger partial charge is 0.325 e. The third kappa shape index (κ3) is 3.39. The lowest BCUT2D eigenvalue weighted by Crippen LogP contribution is -2.42. The number of hydrogen-bond acceptors (Lipinski definition) is 5. The molecule has 0 unspecified atom stereocenters. The van der Waals surface area contributed by atoms with Crippen LogP contribution in [-0.2, 0) is 23.3 Å². The number of aryl methyl sites for hydroxylation is 2. The van der Waals surface area contributed by atoms with Crippen molar-refractivity contribution in [2.75, 3.05) is 13.2 Å². The molecule has 8 nitrogen and oxygen atoms in total. The van der Waals surface area contributed by atoms with Crippen molar-refractivity contribution in [2.45, 2.75) is 44.9 Å². The van der Waals surface area contributed by atoms with Gasteiger partial charge in [0.1, 0.15) is 12.1 Å². The Morgan fingerprint density at radius 3 is 2.67 bits per heavy atom. The van der Waals surface area contributed by atoms with Gasteiger partial charge in [0.05, 0.1) is 13.1 Å². The monoisotopic (exact) mass is 485 g/mol. The number of carbonyl (C=O) groups excluding carboxylic acids is 3.